The third-order valence-electron chi connectivity index (χ3n) is 2.99. The Hall–Kier alpha value is -0.540. The van der Waals surface area contributed by atoms with Gasteiger partial charge in [0.15, 0.2) is 0 Å². The van der Waals surface area contributed by atoms with Gasteiger partial charge in [-0.1, -0.05) is 25.4 Å². The van der Waals surface area contributed by atoms with Crippen molar-refractivity contribution in [1.82, 2.24) is 0 Å². The summed E-state index contributed by atoms with van der Waals surface area (Å²) in [5.41, 5.74) is -0.125. The van der Waals surface area contributed by atoms with Gasteiger partial charge in [-0.15, -0.1) is 11.3 Å². The first-order chi connectivity index (χ1) is 6.44. The molecule has 2 atom stereocenters. The average molecular weight is 231 g/mol. The van der Waals surface area contributed by atoms with E-state index in [1.54, 1.807) is 0 Å². The first-order valence-corrected chi connectivity index (χ1v) is 5.62. The Bertz CT molecular complexity index is 383. The Morgan fingerprint density at radius 3 is 2.57 bits per heavy atom. The van der Waals surface area contributed by atoms with Crippen LogP contribution in [0, 0.1) is 11.3 Å². The average Bonchev–Trinajstić information content (AvgIpc) is 2.42. The van der Waals surface area contributed by atoms with E-state index in [2.05, 4.69) is 0 Å². The van der Waals surface area contributed by atoms with Crippen LogP contribution in [0.4, 0.5) is 0 Å². The lowest BCUT2D eigenvalue weighted by atomic mass is 10.1. The Morgan fingerprint density at radius 2 is 2.21 bits per heavy atom. The molecule has 2 rings (SSSR count). The van der Waals surface area contributed by atoms with Crippen LogP contribution in [-0.4, -0.2) is 11.1 Å². The molecule has 0 spiro atoms. The molecule has 1 fully saturated rings. The van der Waals surface area contributed by atoms with Crippen LogP contribution in [0.1, 0.15) is 24.6 Å². The number of rotatable bonds is 2. The molecule has 0 saturated heterocycles. The van der Waals surface area contributed by atoms with Crippen LogP contribution in [0.5, 0.6) is 0 Å². The van der Waals surface area contributed by atoms with E-state index >= 15 is 0 Å². The maximum Gasteiger partial charge on any atom is 0.307 e. The summed E-state index contributed by atoms with van der Waals surface area (Å²) in [6, 6.07) is 3.76. The molecule has 2 unspecified atom stereocenters. The molecule has 1 aromatic heterocycles. The maximum atomic E-state index is 10.9. The van der Waals surface area contributed by atoms with E-state index in [0.717, 1.165) is 9.21 Å². The Balaban J connectivity index is 2.27. The van der Waals surface area contributed by atoms with Crippen LogP contribution in [0.2, 0.25) is 4.34 Å². The van der Waals surface area contributed by atoms with Crippen LogP contribution in [0.25, 0.3) is 0 Å². The Kier molecular flexibility index (Phi) is 2.12. The molecule has 1 aliphatic carbocycles. The lowest BCUT2D eigenvalue weighted by Crippen LogP contribution is -2.02. The zero-order valence-electron chi connectivity index (χ0n) is 7.95. The fourth-order valence-corrected chi connectivity index (χ4v) is 3.52. The van der Waals surface area contributed by atoms with Crippen LogP contribution in [0.15, 0.2) is 12.1 Å². The summed E-state index contributed by atoms with van der Waals surface area (Å²) in [7, 11) is 0. The molecule has 0 radical (unpaired) electrons. The number of hydrogen-bond acceptors (Lipinski definition) is 2. The van der Waals surface area contributed by atoms with Gasteiger partial charge < -0.3 is 5.11 Å². The van der Waals surface area contributed by atoms with Gasteiger partial charge in [0, 0.05) is 10.8 Å². The predicted octanol–water partition coefficient (Wildman–Crippen LogP) is 3.23. The first-order valence-electron chi connectivity index (χ1n) is 4.42. The molecule has 1 saturated carbocycles. The largest absolute Gasteiger partial charge is 0.481 e. The highest BCUT2D eigenvalue weighted by atomic mass is 35.5. The Labute approximate surface area is 91.5 Å². The lowest BCUT2D eigenvalue weighted by molar-refractivity contribution is -0.139. The van der Waals surface area contributed by atoms with Crippen molar-refractivity contribution in [3.8, 4) is 0 Å². The van der Waals surface area contributed by atoms with E-state index in [-0.39, 0.29) is 17.3 Å². The third kappa shape index (κ3) is 1.35. The maximum absolute atomic E-state index is 10.9. The second-order valence-electron chi connectivity index (χ2n) is 4.26. The highest BCUT2D eigenvalue weighted by Gasteiger charge is 2.63. The number of carbonyl (C=O) groups is 1. The molecule has 1 N–H and O–H groups in total. The van der Waals surface area contributed by atoms with Crippen molar-refractivity contribution >= 4 is 28.9 Å². The summed E-state index contributed by atoms with van der Waals surface area (Å²) in [5, 5.41) is 9.00. The lowest BCUT2D eigenvalue weighted by Gasteiger charge is -1.97. The van der Waals surface area contributed by atoms with Gasteiger partial charge in [0.25, 0.3) is 0 Å². The minimum Gasteiger partial charge on any atom is -0.481 e. The van der Waals surface area contributed by atoms with Crippen LogP contribution >= 0.6 is 22.9 Å². The minimum absolute atomic E-state index is 0.125. The normalized spacial score (nSPS) is 28.8. The van der Waals surface area contributed by atoms with Crippen molar-refractivity contribution in [3.05, 3.63) is 21.3 Å². The fraction of sp³-hybridized carbons (Fsp3) is 0.500. The van der Waals surface area contributed by atoms with Crippen molar-refractivity contribution < 1.29 is 9.90 Å². The van der Waals surface area contributed by atoms with E-state index in [9.17, 15) is 4.79 Å². The van der Waals surface area contributed by atoms with Crippen LogP contribution in [-0.2, 0) is 4.79 Å². The van der Waals surface area contributed by atoms with Crippen molar-refractivity contribution in [2.45, 2.75) is 19.8 Å². The highest BCUT2D eigenvalue weighted by molar-refractivity contribution is 7.16. The zero-order valence-corrected chi connectivity index (χ0v) is 9.52. The third-order valence-corrected chi connectivity index (χ3v) is 4.31. The molecule has 0 bridgehead atoms. The minimum atomic E-state index is -0.704. The first kappa shape index (κ1) is 9.99. The standard InChI is InChI=1S/C10H11ClO2S/c1-10(2)7(8(10)9(12)13)5-3-4-6(11)14-5/h3-4,7-8H,1-2H3,(H,12,13). The summed E-state index contributed by atoms with van der Waals surface area (Å²) in [4.78, 5) is 12.0. The van der Waals surface area contributed by atoms with Crippen molar-refractivity contribution in [2.24, 2.45) is 11.3 Å². The molecule has 0 aliphatic heterocycles. The summed E-state index contributed by atoms with van der Waals surface area (Å²) in [5.74, 6) is -0.820. The number of aliphatic carboxylic acids is 1. The zero-order chi connectivity index (χ0) is 10.5. The quantitative estimate of drug-likeness (QED) is 0.847. The molecule has 4 heteroatoms. The number of carboxylic acids is 1. The van der Waals surface area contributed by atoms with Crippen molar-refractivity contribution in [1.29, 1.82) is 0 Å². The summed E-state index contributed by atoms with van der Waals surface area (Å²) >= 11 is 7.31. The van der Waals surface area contributed by atoms with Gasteiger partial charge >= 0.3 is 5.97 Å². The Morgan fingerprint density at radius 1 is 1.57 bits per heavy atom. The van der Waals surface area contributed by atoms with E-state index in [1.165, 1.54) is 11.3 Å². The van der Waals surface area contributed by atoms with Crippen molar-refractivity contribution in [2.75, 3.05) is 0 Å². The van der Waals surface area contributed by atoms with Crippen LogP contribution in [0.3, 0.4) is 0 Å². The smallest absolute Gasteiger partial charge is 0.307 e. The fourth-order valence-electron chi connectivity index (χ4n) is 2.13. The van der Waals surface area contributed by atoms with Gasteiger partial charge in [-0.25, -0.2) is 0 Å². The number of carboxylic acid groups (broad SMARTS) is 1. The molecular formula is C10H11ClO2S. The predicted molar refractivity (Wildman–Crippen MR) is 57.0 cm³/mol. The second kappa shape index (κ2) is 2.97. The summed E-state index contributed by atoms with van der Waals surface area (Å²) < 4.78 is 0.729. The van der Waals surface area contributed by atoms with Gasteiger partial charge in [0.2, 0.25) is 0 Å². The molecule has 14 heavy (non-hydrogen) atoms. The van der Waals surface area contributed by atoms with E-state index in [1.807, 2.05) is 26.0 Å². The summed E-state index contributed by atoms with van der Waals surface area (Å²) in [6.45, 7) is 3.98. The highest BCUT2D eigenvalue weighted by Crippen LogP contribution is 2.65. The molecule has 0 amide bonds. The molecule has 76 valence electrons. The van der Waals surface area contributed by atoms with E-state index in [0.29, 0.717) is 0 Å². The van der Waals surface area contributed by atoms with Crippen molar-refractivity contribution in [3.63, 3.8) is 0 Å². The topological polar surface area (TPSA) is 37.3 Å². The number of hydrogen-bond donors (Lipinski definition) is 1. The molecule has 0 aromatic carbocycles. The number of halogens is 1. The SMILES string of the molecule is CC1(C)C(C(=O)O)C1c1ccc(Cl)s1. The van der Waals surface area contributed by atoms with Gasteiger partial charge in [0.1, 0.15) is 0 Å². The molecule has 1 heterocycles. The van der Waals surface area contributed by atoms with Gasteiger partial charge in [0.05, 0.1) is 10.3 Å². The van der Waals surface area contributed by atoms with Gasteiger partial charge in [-0.05, 0) is 17.5 Å². The summed E-state index contributed by atoms with van der Waals surface area (Å²) in [6.07, 6.45) is 0. The second-order valence-corrected chi connectivity index (χ2v) is 6.00. The van der Waals surface area contributed by atoms with E-state index < -0.39 is 5.97 Å². The molecule has 2 nitrogen and oxygen atoms in total. The monoisotopic (exact) mass is 230 g/mol. The van der Waals surface area contributed by atoms with Gasteiger partial charge in [-0.3, -0.25) is 4.79 Å². The molecule has 1 aliphatic rings. The molecule has 1 aromatic rings. The van der Waals surface area contributed by atoms with Gasteiger partial charge in [-0.2, -0.15) is 0 Å². The van der Waals surface area contributed by atoms with E-state index in [4.69, 9.17) is 16.7 Å². The number of thiophene rings is 1. The van der Waals surface area contributed by atoms with Crippen LogP contribution < -0.4 is 0 Å². The molecular weight excluding hydrogens is 220 g/mol.